The van der Waals surface area contributed by atoms with Crippen molar-refractivity contribution in [2.75, 3.05) is 11.4 Å². The van der Waals surface area contributed by atoms with Crippen molar-refractivity contribution in [2.24, 2.45) is 0 Å². The molecule has 1 N–H and O–H groups in total. The number of hydrogen-bond donors (Lipinski definition) is 1. The lowest BCUT2D eigenvalue weighted by atomic mass is 10.0. The lowest BCUT2D eigenvalue weighted by Crippen LogP contribution is -2.08. The van der Waals surface area contributed by atoms with Gasteiger partial charge in [-0.2, -0.15) is 0 Å². The molecule has 2 aromatic heterocycles. The number of ether oxygens (including phenoxy) is 1. The van der Waals surface area contributed by atoms with Gasteiger partial charge in [0.2, 0.25) is 0 Å². The van der Waals surface area contributed by atoms with E-state index in [9.17, 15) is 0 Å². The van der Waals surface area contributed by atoms with Crippen LogP contribution in [0.25, 0.3) is 16.9 Å². The molecular weight excluding hydrogens is 288 g/mol. The molecule has 0 fully saturated rings. The van der Waals surface area contributed by atoms with Gasteiger partial charge in [0, 0.05) is 35.9 Å². The fourth-order valence-electron chi connectivity index (χ4n) is 2.65. The molecule has 0 atom stereocenters. The Labute approximate surface area is 126 Å². The van der Waals surface area contributed by atoms with Gasteiger partial charge in [0.15, 0.2) is 11.5 Å². The molecule has 1 aromatic carbocycles. The summed E-state index contributed by atoms with van der Waals surface area (Å²) in [5.74, 6) is 1.53. The van der Waals surface area contributed by atoms with Crippen LogP contribution in [-0.4, -0.2) is 21.0 Å². The Bertz CT molecular complexity index is 815. The molecule has 6 heteroatoms. The lowest BCUT2D eigenvalue weighted by molar-refractivity contribution is 0.288. The summed E-state index contributed by atoms with van der Waals surface area (Å²) in [6, 6.07) is 6.17. The van der Waals surface area contributed by atoms with Gasteiger partial charge in [0.05, 0.1) is 12.3 Å². The number of aromatic nitrogens is 3. The van der Waals surface area contributed by atoms with Crippen molar-refractivity contribution < 1.29 is 4.74 Å². The molecule has 0 radical (unpaired) electrons. The Morgan fingerprint density at radius 3 is 3.19 bits per heavy atom. The molecule has 0 bridgehead atoms. The number of fused-ring (bicyclic) bond motifs is 2. The van der Waals surface area contributed by atoms with E-state index in [2.05, 4.69) is 20.9 Å². The lowest BCUT2D eigenvalue weighted by Gasteiger charge is -2.17. The largest absolute Gasteiger partial charge is 0.493 e. The average Bonchev–Trinajstić information content (AvgIpc) is 3.02. The van der Waals surface area contributed by atoms with Crippen LogP contribution in [0.5, 0.6) is 5.75 Å². The van der Waals surface area contributed by atoms with Crippen LogP contribution in [0.1, 0.15) is 12.0 Å². The maximum atomic E-state index is 5.75. The third kappa shape index (κ3) is 2.10. The van der Waals surface area contributed by atoms with E-state index < -0.39 is 0 Å². The van der Waals surface area contributed by atoms with Crippen molar-refractivity contribution in [3.8, 4) is 17.0 Å². The second-order valence-corrected chi connectivity index (χ2v) is 5.19. The van der Waals surface area contributed by atoms with Crippen LogP contribution >= 0.6 is 11.8 Å². The number of anilines is 1. The summed E-state index contributed by atoms with van der Waals surface area (Å²) in [5, 5.41) is 0. The smallest absolute Gasteiger partial charge is 0.185 e. The minimum atomic E-state index is 0.549. The van der Waals surface area contributed by atoms with E-state index in [1.54, 1.807) is 6.20 Å². The van der Waals surface area contributed by atoms with Gasteiger partial charge in [0.1, 0.15) is 5.75 Å². The molecule has 0 amide bonds. The maximum absolute atomic E-state index is 5.75. The first kappa shape index (κ1) is 12.5. The van der Waals surface area contributed by atoms with Gasteiger partial charge < -0.3 is 9.14 Å². The second kappa shape index (κ2) is 4.93. The molecule has 0 saturated carbocycles. The monoisotopic (exact) mass is 300 g/mol. The molecule has 21 heavy (non-hydrogen) atoms. The zero-order chi connectivity index (χ0) is 14.2. The summed E-state index contributed by atoms with van der Waals surface area (Å²) < 4.78 is 7.55. The van der Waals surface area contributed by atoms with E-state index in [0.717, 1.165) is 36.5 Å². The van der Waals surface area contributed by atoms with Crippen molar-refractivity contribution in [2.45, 2.75) is 12.8 Å². The summed E-state index contributed by atoms with van der Waals surface area (Å²) in [6.07, 6.45) is 7.64. The van der Waals surface area contributed by atoms with Crippen LogP contribution in [0.2, 0.25) is 0 Å². The topological polar surface area (TPSA) is 51.5 Å². The van der Waals surface area contributed by atoms with Crippen LogP contribution in [0.4, 0.5) is 5.82 Å². The SMILES string of the molecule is ClNc1nc(-c2ccc3c(c2)CCCO3)cn2ccnc12. The van der Waals surface area contributed by atoms with Gasteiger partial charge >= 0.3 is 0 Å². The zero-order valence-corrected chi connectivity index (χ0v) is 12.0. The van der Waals surface area contributed by atoms with Gasteiger partial charge in [-0.15, -0.1) is 0 Å². The van der Waals surface area contributed by atoms with Gasteiger partial charge in [-0.05, 0) is 36.6 Å². The van der Waals surface area contributed by atoms with Crippen molar-refractivity contribution in [1.82, 2.24) is 14.4 Å². The maximum Gasteiger partial charge on any atom is 0.185 e. The van der Waals surface area contributed by atoms with Gasteiger partial charge in [-0.3, -0.25) is 4.84 Å². The van der Waals surface area contributed by atoms with Crippen LogP contribution in [0.15, 0.2) is 36.8 Å². The van der Waals surface area contributed by atoms with E-state index >= 15 is 0 Å². The highest BCUT2D eigenvalue weighted by Gasteiger charge is 2.13. The Morgan fingerprint density at radius 2 is 2.29 bits per heavy atom. The van der Waals surface area contributed by atoms with Crippen LogP contribution in [0, 0.1) is 0 Å². The van der Waals surface area contributed by atoms with Gasteiger partial charge in [0.25, 0.3) is 0 Å². The van der Waals surface area contributed by atoms with Crippen LogP contribution in [0.3, 0.4) is 0 Å². The summed E-state index contributed by atoms with van der Waals surface area (Å²) in [4.78, 5) is 11.4. The summed E-state index contributed by atoms with van der Waals surface area (Å²) in [6.45, 7) is 0.798. The molecular formula is C15H13ClN4O. The van der Waals surface area contributed by atoms with Crippen LogP contribution < -0.4 is 9.57 Å². The standard InChI is InChI=1S/C15H13ClN4O/c16-19-14-15-17-5-6-20(15)9-12(18-14)10-3-4-13-11(8-10)2-1-7-21-13/h3-6,8-9H,1-2,7H2,(H,18,19). The number of hydrogen-bond acceptors (Lipinski definition) is 4. The normalized spacial score (nSPS) is 13.8. The van der Waals surface area contributed by atoms with E-state index in [0.29, 0.717) is 11.5 Å². The Morgan fingerprint density at radius 1 is 1.33 bits per heavy atom. The Balaban J connectivity index is 1.85. The molecule has 106 valence electrons. The number of imidazole rings is 1. The van der Waals surface area contributed by atoms with Crippen molar-refractivity contribution >= 4 is 23.2 Å². The predicted octanol–water partition coefficient (Wildman–Crippen LogP) is 3.29. The molecule has 0 spiro atoms. The Hall–Kier alpha value is -2.27. The number of rotatable bonds is 2. The zero-order valence-electron chi connectivity index (χ0n) is 11.2. The molecule has 1 aliphatic rings. The molecule has 0 unspecified atom stereocenters. The van der Waals surface area contributed by atoms with Gasteiger partial charge in [-0.1, -0.05) is 0 Å². The molecule has 3 aromatic rings. The average molecular weight is 301 g/mol. The first-order valence-corrected chi connectivity index (χ1v) is 7.19. The second-order valence-electron chi connectivity index (χ2n) is 5.00. The number of halogens is 1. The quantitative estimate of drug-likeness (QED) is 0.738. The number of nitrogens with one attached hydrogen (secondary N) is 1. The van der Waals surface area contributed by atoms with E-state index in [-0.39, 0.29) is 0 Å². The highest BCUT2D eigenvalue weighted by Crippen LogP contribution is 2.30. The summed E-state index contributed by atoms with van der Waals surface area (Å²) in [5.41, 5.74) is 3.82. The van der Waals surface area contributed by atoms with Crippen molar-refractivity contribution in [3.05, 3.63) is 42.4 Å². The molecule has 5 nitrogen and oxygen atoms in total. The third-order valence-electron chi connectivity index (χ3n) is 3.67. The minimum Gasteiger partial charge on any atom is -0.493 e. The minimum absolute atomic E-state index is 0.549. The van der Waals surface area contributed by atoms with E-state index in [1.165, 1.54) is 5.56 Å². The summed E-state index contributed by atoms with van der Waals surface area (Å²) in [7, 11) is 0. The van der Waals surface area contributed by atoms with Crippen molar-refractivity contribution in [3.63, 3.8) is 0 Å². The first-order chi connectivity index (χ1) is 10.3. The first-order valence-electron chi connectivity index (χ1n) is 6.81. The van der Waals surface area contributed by atoms with E-state index in [1.807, 2.05) is 28.9 Å². The van der Waals surface area contributed by atoms with Gasteiger partial charge in [-0.25, -0.2) is 9.97 Å². The molecule has 0 aliphatic carbocycles. The number of benzene rings is 1. The Kier molecular flexibility index (Phi) is 2.93. The molecule has 3 heterocycles. The number of aryl methyl sites for hydroxylation is 1. The third-order valence-corrected chi connectivity index (χ3v) is 3.85. The molecule has 1 aliphatic heterocycles. The van der Waals surface area contributed by atoms with Crippen LogP contribution in [-0.2, 0) is 6.42 Å². The van der Waals surface area contributed by atoms with Crippen molar-refractivity contribution in [1.29, 1.82) is 0 Å². The highest BCUT2D eigenvalue weighted by molar-refractivity contribution is 6.24. The highest BCUT2D eigenvalue weighted by atomic mass is 35.5. The molecule has 4 rings (SSSR count). The fourth-order valence-corrected chi connectivity index (χ4v) is 2.78. The number of nitrogens with zero attached hydrogens (tertiary/aromatic N) is 3. The van der Waals surface area contributed by atoms with E-state index in [4.69, 9.17) is 16.5 Å². The molecule has 0 saturated heterocycles. The summed E-state index contributed by atoms with van der Waals surface area (Å²) >= 11 is 5.75. The fraction of sp³-hybridized carbons (Fsp3) is 0.200. The predicted molar refractivity (Wildman–Crippen MR) is 81.7 cm³/mol.